The zero-order valence-corrected chi connectivity index (χ0v) is 11.5. The Morgan fingerprint density at radius 2 is 2.29 bits per heavy atom. The fourth-order valence-electron chi connectivity index (χ4n) is 1.92. The van der Waals surface area contributed by atoms with E-state index in [1.54, 1.807) is 7.11 Å². The van der Waals surface area contributed by atoms with Gasteiger partial charge in [0.25, 0.3) is 0 Å². The van der Waals surface area contributed by atoms with Crippen molar-refractivity contribution in [3.63, 3.8) is 0 Å². The van der Waals surface area contributed by atoms with E-state index in [9.17, 15) is 4.79 Å². The molecule has 1 rings (SSSR count). The van der Waals surface area contributed by atoms with Gasteiger partial charge in [0, 0.05) is 13.7 Å². The summed E-state index contributed by atoms with van der Waals surface area (Å²) < 4.78 is 10.4. The smallest absolute Gasteiger partial charge is 0.242 e. The summed E-state index contributed by atoms with van der Waals surface area (Å²) in [6.45, 7) is 5.50. The van der Waals surface area contributed by atoms with Gasteiger partial charge in [-0.2, -0.15) is 0 Å². The average Bonchev–Trinajstić information content (AvgIpc) is 2.28. The zero-order valence-electron chi connectivity index (χ0n) is 10.7. The molecule has 0 saturated carbocycles. The van der Waals surface area contributed by atoms with Crippen LogP contribution in [0, 0.1) is 0 Å². The fraction of sp³-hybridized carbons (Fsp3) is 0.909. The zero-order chi connectivity index (χ0) is 12.1. The number of ether oxygens (including phenoxy) is 2. The van der Waals surface area contributed by atoms with Crippen LogP contribution in [0.5, 0.6) is 0 Å². The quantitative estimate of drug-likeness (QED) is 0.800. The van der Waals surface area contributed by atoms with Gasteiger partial charge in [-0.15, -0.1) is 12.4 Å². The number of hydrogen-bond donors (Lipinski definition) is 1. The first-order chi connectivity index (χ1) is 7.60. The second kappa shape index (κ2) is 7.87. The van der Waals surface area contributed by atoms with Gasteiger partial charge >= 0.3 is 0 Å². The summed E-state index contributed by atoms with van der Waals surface area (Å²) in [5.41, 5.74) is 5.76. The van der Waals surface area contributed by atoms with Gasteiger partial charge in [-0.25, -0.2) is 0 Å². The molecule has 0 bridgehead atoms. The van der Waals surface area contributed by atoms with Gasteiger partial charge in [-0.3, -0.25) is 4.79 Å². The SMILES string of the molecule is CCC1COC(C)CN1C(=O)C(N)COC.Cl. The average molecular weight is 267 g/mol. The molecule has 5 nitrogen and oxygen atoms in total. The summed E-state index contributed by atoms with van der Waals surface area (Å²) in [6.07, 6.45) is 0.972. The molecule has 6 heteroatoms. The molecule has 2 N–H and O–H groups in total. The number of hydrogen-bond acceptors (Lipinski definition) is 4. The largest absolute Gasteiger partial charge is 0.383 e. The van der Waals surface area contributed by atoms with Crippen molar-refractivity contribution in [1.82, 2.24) is 4.90 Å². The van der Waals surface area contributed by atoms with E-state index in [4.69, 9.17) is 15.2 Å². The molecule has 0 aliphatic carbocycles. The van der Waals surface area contributed by atoms with Gasteiger partial charge < -0.3 is 20.1 Å². The molecule has 0 radical (unpaired) electrons. The highest BCUT2D eigenvalue weighted by Gasteiger charge is 2.31. The molecule has 1 amide bonds. The maximum Gasteiger partial charge on any atom is 0.242 e. The third-order valence-corrected chi connectivity index (χ3v) is 2.89. The highest BCUT2D eigenvalue weighted by molar-refractivity contribution is 5.85. The van der Waals surface area contributed by atoms with Crippen molar-refractivity contribution in [2.24, 2.45) is 5.73 Å². The number of amides is 1. The van der Waals surface area contributed by atoms with E-state index < -0.39 is 6.04 Å². The van der Waals surface area contributed by atoms with E-state index in [2.05, 4.69) is 0 Å². The monoisotopic (exact) mass is 266 g/mol. The Balaban J connectivity index is 0.00000256. The Bertz CT molecular complexity index is 241. The Kier molecular flexibility index (Phi) is 7.70. The predicted molar refractivity (Wildman–Crippen MR) is 68.3 cm³/mol. The van der Waals surface area contributed by atoms with E-state index in [0.29, 0.717) is 13.2 Å². The Morgan fingerprint density at radius 1 is 1.65 bits per heavy atom. The summed E-state index contributed by atoms with van der Waals surface area (Å²) in [7, 11) is 1.55. The summed E-state index contributed by atoms with van der Waals surface area (Å²) >= 11 is 0. The number of methoxy groups -OCH3 is 1. The maximum absolute atomic E-state index is 12.1. The van der Waals surface area contributed by atoms with Gasteiger partial charge in [0.15, 0.2) is 0 Å². The van der Waals surface area contributed by atoms with Crippen LogP contribution in [-0.2, 0) is 14.3 Å². The second-order valence-corrected chi connectivity index (χ2v) is 4.26. The Hall–Kier alpha value is -0.360. The Morgan fingerprint density at radius 3 is 2.82 bits per heavy atom. The molecule has 17 heavy (non-hydrogen) atoms. The minimum Gasteiger partial charge on any atom is -0.383 e. The van der Waals surface area contributed by atoms with Gasteiger partial charge in [-0.05, 0) is 13.3 Å². The maximum atomic E-state index is 12.1. The molecule has 1 heterocycles. The van der Waals surface area contributed by atoms with Crippen LogP contribution in [0.25, 0.3) is 0 Å². The molecule has 1 saturated heterocycles. The first-order valence-corrected chi connectivity index (χ1v) is 5.76. The number of halogens is 1. The van der Waals surface area contributed by atoms with Gasteiger partial charge in [-0.1, -0.05) is 6.92 Å². The number of nitrogens with zero attached hydrogens (tertiary/aromatic N) is 1. The van der Waals surface area contributed by atoms with E-state index in [1.165, 1.54) is 0 Å². The summed E-state index contributed by atoms with van der Waals surface area (Å²) in [5.74, 6) is -0.0381. The minimum absolute atomic E-state index is 0. The molecule has 102 valence electrons. The van der Waals surface area contributed by atoms with E-state index in [1.807, 2.05) is 18.7 Å². The van der Waals surface area contributed by atoms with Crippen molar-refractivity contribution in [1.29, 1.82) is 0 Å². The predicted octanol–water partition coefficient (Wildman–Crippen LogP) is 0.408. The molecule has 0 spiro atoms. The molecule has 1 fully saturated rings. The van der Waals surface area contributed by atoms with Crippen LogP contribution in [-0.4, -0.2) is 55.9 Å². The standard InChI is InChI=1S/C11H22N2O3.ClH/c1-4-9-6-16-8(2)5-13(9)11(14)10(12)7-15-3;/h8-10H,4-7,12H2,1-3H3;1H. The normalized spacial score (nSPS) is 26.2. The van der Waals surface area contributed by atoms with Crippen LogP contribution >= 0.6 is 12.4 Å². The van der Waals surface area contributed by atoms with Crippen molar-refractivity contribution in [3.05, 3.63) is 0 Å². The lowest BCUT2D eigenvalue weighted by atomic mass is 10.1. The van der Waals surface area contributed by atoms with Crippen molar-refractivity contribution < 1.29 is 14.3 Å². The molecule has 0 aromatic rings. The van der Waals surface area contributed by atoms with Gasteiger partial charge in [0.05, 0.1) is 25.4 Å². The molecule has 1 aliphatic rings. The first-order valence-electron chi connectivity index (χ1n) is 5.76. The lowest BCUT2D eigenvalue weighted by Gasteiger charge is -2.39. The third kappa shape index (κ3) is 4.43. The molecule has 1 aliphatic heterocycles. The van der Waals surface area contributed by atoms with Crippen LogP contribution in [0.15, 0.2) is 0 Å². The number of carbonyl (C=O) groups is 1. The lowest BCUT2D eigenvalue weighted by Crippen LogP contribution is -2.56. The number of rotatable bonds is 4. The van der Waals surface area contributed by atoms with Crippen molar-refractivity contribution in [2.75, 3.05) is 26.9 Å². The lowest BCUT2D eigenvalue weighted by molar-refractivity contribution is -0.146. The summed E-state index contributed by atoms with van der Waals surface area (Å²) in [4.78, 5) is 13.9. The third-order valence-electron chi connectivity index (χ3n) is 2.89. The number of carbonyl (C=O) groups excluding carboxylic acids is 1. The first kappa shape index (κ1) is 16.6. The van der Waals surface area contributed by atoms with Gasteiger partial charge in [0.1, 0.15) is 6.04 Å². The summed E-state index contributed by atoms with van der Waals surface area (Å²) in [6, 6.07) is -0.420. The number of nitrogens with two attached hydrogens (primary N) is 1. The molecule has 0 aromatic heterocycles. The molecular weight excluding hydrogens is 244 g/mol. The highest BCUT2D eigenvalue weighted by Crippen LogP contribution is 2.15. The topological polar surface area (TPSA) is 64.8 Å². The highest BCUT2D eigenvalue weighted by atomic mass is 35.5. The van der Waals surface area contributed by atoms with Crippen LogP contribution in [0.2, 0.25) is 0 Å². The van der Waals surface area contributed by atoms with Crippen LogP contribution < -0.4 is 5.73 Å². The summed E-state index contributed by atoms with van der Waals surface area (Å²) in [5, 5.41) is 0. The second-order valence-electron chi connectivity index (χ2n) is 4.26. The van der Waals surface area contributed by atoms with E-state index >= 15 is 0 Å². The van der Waals surface area contributed by atoms with Crippen LogP contribution in [0.4, 0.5) is 0 Å². The van der Waals surface area contributed by atoms with E-state index in [0.717, 1.165) is 6.42 Å². The van der Waals surface area contributed by atoms with Crippen LogP contribution in [0.3, 0.4) is 0 Å². The molecule has 3 atom stereocenters. The Labute approximate surface area is 109 Å². The van der Waals surface area contributed by atoms with Crippen molar-refractivity contribution in [3.8, 4) is 0 Å². The van der Waals surface area contributed by atoms with Gasteiger partial charge in [0.2, 0.25) is 5.91 Å². The minimum atomic E-state index is -0.565. The number of morpholine rings is 1. The molecule has 0 aromatic carbocycles. The molecule has 3 unspecified atom stereocenters. The fourth-order valence-corrected chi connectivity index (χ4v) is 1.92. The molecular formula is C11H23ClN2O3. The van der Waals surface area contributed by atoms with Crippen LogP contribution in [0.1, 0.15) is 20.3 Å². The van der Waals surface area contributed by atoms with Crippen molar-refractivity contribution >= 4 is 18.3 Å². The van der Waals surface area contributed by atoms with E-state index in [-0.39, 0.29) is 37.1 Å². The van der Waals surface area contributed by atoms with Crippen molar-refractivity contribution in [2.45, 2.75) is 38.5 Å².